The summed E-state index contributed by atoms with van der Waals surface area (Å²) < 4.78 is 0. The van der Waals surface area contributed by atoms with Crippen molar-refractivity contribution >= 4 is 0 Å². The van der Waals surface area contributed by atoms with Crippen LogP contribution in [0.2, 0.25) is 0 Å². The first-order valence-corrected chi connectivity index (χ1v) is 8.01. The lowest BCUT2D eigenvalue weighted by Gasteiger charge is -2.41. The summed E-state index contributed by atoms with van der Waals surface area (Å²) in [5.41, 5.74) is 2.21. The van der Waals surface area contributed by atoms with Crippen LogP contribution in [-0.4, -0.2) is 43.0 Å². The minimum absolute atomic E-state index is 0.161. The van der Waals surface area contributed by atoms with E-state index in [1.165, 1.54) is 51.0 Å². The van der Waals surface area contributed by atoms with Crippen LogP contribution < -0.4 is 0 Å². The summed E-state index contributed by atoms with van der Waals surface area (Å²) in [6, 6.07) is 11.0. The molecule has 0 saturated carbocycles. The lowest BCUT2D eigenvalue weighted by atomic mass is 9.77. The van der Waals surface area contributed by atoms with Crippen LogP contribution in [0.3, 0.4) is 0 Å². The van der Waals surface area contributed by atoms with Crippen LogP contribution in [0.15, 0.2) is 30.3 Å². The molecule has 0 bridgehead atoms. The maximum Gasteiger partial charge on any atom is 0.0404 e. The molecule has 2 nitrogen and oxygen atoms in total. The molecular weight excluding hydrogens is 244 g/mol. The Hall–Kier alpha value is -0.860. The number of rotatable bonds is 2. The van der Waals surface area contributed by atoms with Crippen molar-refractivity contribution in [2.24, 2.45) is 5.41 Å². The summed E-state index contributed by atoms with van der Waals surface area (Å²) in [4.78, 5) is 5.20. The molecule has 2 heteroatoms. The topological polar surface area (TPSA) is 6.48 Å². The summed E-state index contributed by atoms with van der Waals surface area (Å²) in [7, 11) is 2.26. The van der Waals surface area contributed by atoms with Crippen molar-refractivity contribution in [2.75, 3.05) is 33.2 Å². The van der Waals surface area contributed by atoms with Gasteiger partial charge in [-0.05, 0) is 70.8 Å². The van der Waals surface area contributed by atoms with Gasteiger partial charge in [-0.3, -0.25) is 4.90 Å². The van der Waals surface area contributed by atoms with Crippen molar-refractivity contribution in [3.05, 3.63) is 35.9 Å². The van der Waals surface area contributed by atoms with Gasteiger partial charge < -0.3 is 4.90 Å². The number of piperidine rings is 1. The van der Waals surface area contributed by atoms with Crippen molar-refractivity contribution < 1.29 is 0 Å². The van der Waals surface area contributed by atoms with Gasteiger partial charge in [-0.1, -0.05) is 30.3 Å². The Morgan fingerprint density at radius 1 is 0.950 bits per heavy atom. The normalized spacial score (nSPS) is 24.4. The van der Waals surface area contributed by atoms with Crippen LogP contribution >= 0.6 is 0 Å². The zero-order valence-electron chi connectivity index (χ0n) is 13.2. The summed E-state index contributed by atoms with van der Waals surface area (Å²) in [5.74, 6) is 0. The van der Waals surface area contributed by atoms with Crippen molar-refractivity contribution in [3.8, 4) is 0 Å². The number of benzene rings is 1. The van der Waals surface area contributed by atoms with Gasteiger partial charge in [0.25, 0.3) is 0 Å². The van der Waals surface area contributed by atoms with E-state index in [0.29, 0.717) is 5.41 Å². The summed E-state index contributed by atoms with van der Waals surface area (Å²) in [6.45, 7) is 9.86. The molecule has 2 fully saturated rings. The van der Waals surface area contributed by atoms with Gasteiger partial charge in [0.15, 0.2) is 0 Å². The molecule has 0 unspecified atom stereocenters. The first-order valence-electron chi connectivity index (χ1n) is 8.01. The fourth-order valence-corrected chi connectivity index (χ4v) is 3.94. The molecule has 110 valence electrons. The molecular formula is C18H28N2. The largest absolute Gasteiger partial charge is 0.306 e. The minimum atomic E-state index is 0.161. The summed E-state index contributed by atoms with van der Waals surface area (Å²) in [5, 5.41) is 0. The van der Waals surface area contributed by atoms with Crippen LogP contribution in [0.4, 0.5) is 0 Å². The first kappa shape index (κ1) is 14.1. The van der Waals surface area contributed by atoms with Gasteiger partial charge in [0.2, 0.25) is 0 Å². The molecule has 1 aromatic carbocycles. The molecule has 3 rings (SSSR count). The van der Waals surface area contributed by atoms with Gasteiger partial charge in [0.1, 0.15) is 0 Å². The lowest BCUT2D eigenvalue weighted by molar-refractivity contribution is 0.0916. The standard InChI is InChI=1S/C18H28N2/c1-17(2,16-7-5-4-6-8-16)20-14-11-18(15-20)9-12-19(3)13-10-18/h4-8H,9-15H2,1-3H3. The maximum atomic E-state index is 2.72. The van der Waals surface area contributed by atoms with Gasteiger partial charge in [-0.15, -0.1) is 0 Å². The molecule has 20 heavy (non-hydrogen) atoms. The van der Waals surface area contributed by atoms with E-state index in [9.17, 15) is 0 Å². The third-order valence-electron chi connectivity index (χ3n) is 5.76. The average molecular weight is 272 g/mol. The second-order valence-corrected chi connectivity index (χ2v) is 7.40. The van der Waals surface area contributed by atoms with Gasteiger partial charge in [0, 0.05) is 12.1 Å². The van der Waals surface area contributed by atoms with Crippen LogP contribution in [-0.2, 0) is 5.54 Å². The van der Waals surface area contributed by atoms with Crippen LogP contribution in [0.25, 0.3) is 0 Å². The molecule has 0 amide bonds. The fourth-order valence-electron chi connectivity index (χ4n) is 3.94. The summed E-state index contributed by atoms with van der Waals surface area (Å²) in [6.07, 6.45) is 4.15. The van der Waals surface area contributed by atoms with Crippen molar-refractivity contribution in [1.29, 1.82) is 0 Å². The molecule has 0 N–H and O–H groups in total. The molecule has 0 aromatic heterocycles. The second-order valence-electron chi connectivity index (χ2n) is 7.40. The Morgan fingerprint density at radius 2 is 1.55 bits per heavy atom. The average Bonchev–Trinajstić information content (AvgIpc) is 2.88. The Labute approximate surface area is 123 Å². The lowest BCUT2D eigenvalue weighted by Crippen LogP contribution is -2.44. The summed E-state index contributed by atoms with van der Waals surface area (Å²) >= 11 is 0. The predicted octanol–water partition coefficient (Wildman–Crippen LogP) is 3.34. The zero-order valence-corrected chi connectivity index (χ0v) is 13.2. The maximum absolute atomic E-state index is 2.72. The van der Waals surface area contributed by atoms with Crippen LogP contribution in [0.1, 0.15) is 38.7 Å². The Balaban J connectivity index is 1.73. The second kappa shape index (κ2) is 5.16. The first-order chi connectivity index (χ1) is 9.52. The number of hydrogen-bond acceptors (Lipinski definition) is 2. The third kappa shape index (κ3) is 2.51. The van der Waals surface area contributed by atoms with E-state index in [0.717, 1.165) is 0 Å². The minimum Gasteiger partial charge on any atom is -0.306 e. The highest BCUT2D eigenvalue weighted by molar-refractivity contribution is 5.23. The predicted molar refractivity (Wildman–Crippen MR) is 84.8 cm³/mol. The molecule has 1 spiro atoms. The molecule has 2 aliphatic heterocycles. The van der Waals surface area contributed by atoms with E-state index in [-0.39, 0.29) is 5.54 Å². The van der Waals surface area contributed by atoms with E-state index in [4.69, 9.17) is 0 Å². The molecule has 2 saturated heterocycles. The molecule has 0 atom stereocenters. The number of likely N-dealkylation sites (tertiary alicyclic amines) is 2. The van der Waals surface area contributed by atoms with Crippen LogP contribution in [0.5, 0.6) is 0 Å². The molecule has 2 aliphatic rings. The van der Waals surface area contributed by atoms with E-state index in [1.807, 2.05) is 0 Å². The monoisotopic (exact) mass is 272 g/mol. The van der Waals surface area contributed by atoms with Crippen molar-refractivity contribution in [1.82, 2.24) is 9.80 Å². The molecule has 1 aromatic rings. The Kier molecular flexibility index (Phi) is 3.64. The third-order valence-corrected chi connectivity index (χ3v) is 5.76. The highest BCUT2D eigenvalue weighted by atomic mass is 15.2. The fraction of sp³-hybridized carbons (Fsp3) is 0.667. The van der Waals surface area contributed by atoms with Gasteiger partial charge in [-0.2, -0.15) is 0 Å². The Bertz CT molecular complexity index is 444. The van der Waals surface area contributed by atoms with Crippen molar-refractivity contribution in [3.63, 3.8) is 0 Å². The van der Waals surface area contributed by atoms with Gasteiger partial charge in [0.05, 0.1) is 0 Å². The van der Waals surface area contributed by atoms with Gasteiger partial charge >= 0.3 is 0 Å². The van der Waals surface area contributed by atoms with E-state index in [2.05, 4.69) is 61.0 Å². The smallest absolute Gasteiger partial charge is 0.0404 e. The van der Waals surface area contributed by atoms with E-state index >= 15 is 0 Å². The molecule has 0 radical (unpaired) electrons. The quantitative estimate of drug-likeness (QED) is 0.815. The van der Waals surface area contributed by atoms with E-state index in [1.54, 1.807) is 0 Å². The highest BCUT2D eigenvalue weighted by Crippen LogP contribution is 2.44. The zero-order chi connectivity index (χ0) is 14.2. The Morgan fingerprint density at radius 3 is 2.20 bits per heavy atom. The van der Waals surface area contributed by atoms with E-state index < -0.39 is 0 Å². The number of hydrogen-bond donors (Lipinski definition) is 0. The van der Waals surface area contributed by atoms with Gasteiger partial charge in [-0.25, -0.2) is 0 Å². The SMILES string of the molecule is CN1CCC2(CC1)CCN(C(C)(C)c1ccccc1)C2. The highest BCUT2D eigenvalue weighted by Gasteiger charge is 2.44. The molecule has 2 heterocycles. The van der Waals surface area contributed by atoms with Crippen LogP contribution in [0, 0.1) is 5.41 Å². The van der Waals surface area contributed by atoms with Crippen molar-refractivity contribution in [2.45, 2.75) is 38.6 Å². The molecule has 0 aliphatic carbocycles. The number of nitrogens with zero attached hydrogens (tertiary/aromatic N) is 2.